The number of hydrogen-bond donors (Lipinski definition) is 0. The molecule has 0 N–H and O–H groups in total. The van der Waals surface area contributed by atoms with Crippen LogP contribution in [0.2, 0.25) is 0 Å². The van der Waals surface area contributed by atoms with Crippen LogP contribution in [0.25, 0.3) is 112 Å². The van der Waals surface area contributed by atoms with Crippen LogP contribution in [-0.4, -0.2) is 19.9 Å². The van der Waals surface area contributed by atoms with Gasteiger partial charge in [0.15, 0.2) is 11.6 Å². The topological polar surface area (TPSA) is 51.6 Å². The van der Waals surface area contributed by atoms with Crippen molar-refractivity contribution in [2.24, 2.45) is 0 Å². The van der Waals surface area contributed by atoms with Crippen molar-refractivity contribution < 1.29 is 0 Å². The van der Waals surface area contributed by atoms with Crippen LogP contribution in [0.3, 0.4) is 0 Å². The molecule has 0 spiro atoms. The molecule has 15 aromatic carbocycles. The van der Waals surface area contributed by atoms with Gasteiger partial charge in [0.1, 0.15) is 0 Å². The fourth-order valence-electron chi connectivity index (χ4n) is 18.4. The summed E-state index contributed by atoms with van der Waals surface area (Å²) in [6.45, 7) is 0. The molecule has 0 aliphatic heterocycles. The first-order valence-electron chi connectivity index (χ1n) is 36.7. The maximum Gasteiger partial charge on any atom is 0.160 e. The Morgan fingerprint density at radius 1 is 0.170 bits per heavy atom. The summed E-state index contributed by atoms with van der Waals surface area (Å²) in [7, 11) is 0. The summed E-state index contributed by atoms with van der Waals surface area (Å²) in [6.07, 6.45) is 0. The number of benzene rings is 15. The van der Waals surface area contributed by atoms with Crippen molar-refractivity contribution in [3.8, 4) is 112 Å². The molecule has 0 fully saturated rings. The lowest BCUT2D eigenvalue weighted by atomic mass is 9.60. The molecular formula is C102H66N4. The number of hydrogen-bond acceptors (Lipinski definition) is 4. The van der Waals surface area contributed by atoms with Gasteiger partial charge in [0.05, 0.1) is 33.6 Å². The summed E-state index contributed by atoms with van der Waals surface area (Å²) in [5.74, 6) is 1.39. The Kier molecular flexibility index (Phi) is 14.2. The number of rotatable bonds is 12. The smallest absolute Gasteiger partial charge is 0.160 e. The van der Waals surface area contributed by atoms with Gasteiger partial charge < -0.3 is 0 Å². The van der Waals surface area contributed by atoms with E-state index in [0.717, 1.165) is 78.4 Å². The van der Waals surface area contributed by atoms with Gasteiger partial charge >= 0.3 is 0 Å². The molecule has 0 amide bonds. The van der Waals surface area contributed by atoms with Gasteiger partial charge in [0.25, 0.3) is 0 Å². The summed E-state index contributed by atoms with van der Waals surface area (Å²) >= 11 is 0. The number of fused-ring (bicyclic) bond motifs is 6. The Balaban J connectivity index is 0.623. The molecule has 0 saturated carbocycles. The van der Waals surface area contributed by atoms with Gasteiger partial charge in [-0.25, -0.2) is 19.9 Å². The highest BCUT2D eigenvalue weighted by Gasteiger charge is 2.48. The zero-order valence-electron chi connectivity index (χ0n) is 57.9. The number of nitrogens with zero attached hydrogens (tertiary/aromatic N) is 4. The Labute approximate surface area is 617 Å². The highest BCUT2D eigenvalue weighted by atomic mass is 14.9. The van der Waals surface area contributed by atoms with Gasteiger partial charge in [-0.3, -0.25) is 0 Å². The molecule has 22 rings (SSSR count). The lowest BCUT2D eigenvalue weighted by Crippen LogP contribution is -2.28. The van der Waals surface area contributed by atoms with Gasteiger partial charge in [0.2, 0.25) is 0 Å². The lowest BCUT2D eigenvalue weighted by molar-refractivity contribution is 0.755. The zero-order chi connectivity index (χ0) is 69.9. The van der Waals surface area contributed by atoms with Gasteiger partial charge in [-0.2, -0.15) is 0 Å². The van der Waals surface area contributed by atoms with Crippen molar-refractivity contribution in [1.29, 1.82) is 0 Å². The molecule has 2 aromatic heterocycles. The SMILES string of the molecule is c1ccc(-c2nc(-c3ccc(-c4ccc5c(c4)C(c4ccccc4)(c4ccccc4)c4ccccc4-5)cc3)cc(-c3ccc4c(c3)C3c5ccccc5C4c4cc(-c5cc(-c6ccc(-c7ccc8c(c7)C(c7ccccc7)(c7ccccc7)c7ccccc7-8)cc6)nc(-c6ccccc6)n5)ccc43)n2)cc1. The molecule has 0 radical (unpaired) electrons. The van der Waals surface area contributed by atoms with Gasteiger partial charge in [-0.05, 0) is 159 Å². The predicted octanol–water partition coefficient (Wildman–Crippen LogP) is 24.3. The van der Waals surface area contributed by atoms with Crippen molar-refractivity contribution in [3.05, 3.63) is 466 Å². The standard InChI is InChI=1S/C102H66N4/c1-7-25-69(26-8-1)99-103-93(67-47-43-65(44-48-67)71-51-55-81-79-37-21-23-41-89(79)101(91(81)61-71,75-29-11-3-12-30-75)76-31-13-4-14-32-76)63-95(105-99)73-53-57-85-87(59-73)97-83-39-19-20-40-84(83)98(85)88-60-74(54-58-86(88)97)96-64-94(104-100(106-96)70-27-9-2-10-28-70)68-49-45-66(46-50-68)72-52-56-82-80-38-22-24-42-90(80)102(92(82)62-72,77-33-15-5-16-34-77)78-35-17-6-18-36-78/h1-64,97-98H. The third kappa shape index (κ3) is 9.54. The van der Waals surface area contributed by atoms with Gasteiger partial charge in [-0.1, -0.05) is 352 Å². The first-order valence-corrected chi connectivity index (χ1v) is 36.7. The number of aromatic nitrogens is 4. The summed E-state index contributed by atoms with van der Waals surface area (Å²) in [5, 5.41) is 0. The minimum absolute atomic E-state index is 0.00928. The second kappa shape index (κ2) is 24.6. The monoisotopic (exact) mass is 1350 g/mol. The van der Waals surface area contributed by atoms with Crippen molar-refractivity contribution in [3.63, 3.8) is 0 Å². The maximum absolute atomic E-state index is 5.42. The fraction of sp³-hybridized carbons (Fsp3) is 0.0392. The maximum atomic E-state index is 5.42. The van der Waals surface area contributed by atoms with Crippen LogP contribution in [0.5, 0.6) is 0 Å². The van der Waals surface area contributed by atoms with E-state index in [9.17, 15) is 0 Å². The van der Waals surface area contributed by atoms with Crippen LogP contribution < -0.4 is 0 Å². The fourth-order valence-corrected chi connectivity index (χ4v) is 18.4. The average molecular weight is 1350 g/mol. The van der Waals surface area contributed by atoms with E-state index < -0.39 is 10.8 Å². The van der Waals surface area contributed by atoms with Crippen LogP contribution in [0, 0.1) is 0 Å². The Bertz CT molecular complexity index is 5830. The third-order valence-corrected chi connectivity index (χ3v) is 23.1. The molecule has 2 heterocycles. The van der Waals surface area contributed by atoms with Crippen LogP contribution in [0.15, 0.2) is 388 Å². The van der Waals surface area contributed by atoms with Crippen molar-refractivity contribution in [2.75, 3.05) is 0 Å². The highest BCUT2D eigenvalue weighted by molar-refractivity contribution is 5.91. The second-order valence-electron chi connectivity index (χ2n) is 28.6. The molecule has 4 nitrogen and oxygen atoms in total. The van der Waals surface area contributed by atoms with E-state index in [1.54, 1.807) is 0 Å². The van der Waals surface area contributed by atoms with E-state index in [0.29, 0.717) is 11.6 Å². The molecular weight excluding hydrogens is 1280 g/mol. The van der Waals surface area contributed by atoms with Crippen molar-refractivity contribution in [1.82, 2.24) is 19.9 Å². The van der Waals surface area contributed by atoms with Crippen LogP contribution in [-0.2, 0) is 10.8 Å². The molecule has 5 aliphatic carbocycles. The summed E-state index contributed by atoms with van der Waals surface area (Å²) in [4.78, 5) is 21.5. The lowest BCUT2D eigenvalue weighted by Gasteiger charge is -2.42. The molecule has 17 aromatic rings. The molecule has 2 atom stereocenters. The third-order valence-electron chi connectivity index (χ3n) is 23.1. The highest BCUT2D eigenvalue weighted by Crippen LogP contribution is 2.60. The Morgan fingerprint density at radius 3 is 0.811 bits per heavy atom. The van der Waals surface area contributed by atoms with Crippen LogP contribution >= 0.6 is 0 Å². The van der Waals surface area contributed by atoms with E-state index in [4.69, 9.17) is 19.9 Å². The predicted molar refractivity (Wildman–Crippen MR) is 430 cm³/mol. The van der Waals surface area contributed by atoms with E-state index in [1.165, 1.54) is 100 Å². The van der Waals surface area contributed by atoms with E-state index >= 15 is 0 Å². The minimum atomic E-state index is -0.486. The Morgan fingerprint density at radius 2 is 0.443 bits per heavy atom. The van der Waals surface area contributed by atoms with Gasteiger partial charge in [-0.15, -0.1) is 0 Å². The largest absolute Gasteiger partial charge is 0.228 e. The zero-order valence-corrected chi connectivity index (χ0v) is 57.9. The minimum Gasteiger partial charge on any atom is -0.228 e. The van der Waals surface area contributed by atoms with E-state index in [-0.39, 0.29) is 11.8 Å². The molecule has 0 saturated heterocycles. The van der Waals surface area contributed by atoms with Crippen LogP contribution in [0.4, 0.5) is 0 Å². The summed E-state index contributed by atoms with van der Waals surface area (Å²) in [6, 6.07) is 142. The summed E-state index contributed by atoms with van der Waals surface area (Å²) in [5.41, 5.74) is 36.5. The molecule has 5 aliphatic rings. The molecule has 2 bridgehead atoms. The average Bonchev–Trinajstić information content (AvgIpc) is 1.28. The molecule has 106 heavy (non-hydrogen) atoms. The van der Waals surface area contributed by atoms with Crippen LogP contribution in [0.1, 0.15) is 89.7 Å². The molecule has 2 unspecified atom stereocenters. The van der Waals surface area contributed by atoms with E-state index in [1.807, 2.05) is 12.1 Å². The molecule has 494 valence electrons. The van der Waals surface area contributed by atoms with Crippen molar-refractivity contribution >= 4 is 0 Å². The van der Waals surface area contributed by atoms with Gasteiger partial charge in [0, 0.05) is 45.2 Å². The van der Waals surface area contributed by atoms with E-state index in [2.05, 4.69) is 376 Å². The quantitative estimate of drug-likeness (QED) is 0.122. The normalized spacial score (nSPS) is 14.8. The van der Waals surface area contributed by atoms with Crippen molar-refractivity contribution in [2.45, 2.75) is 22.7 Å². The second-order valence-corrected chi connectivity index (χ2v) is 28.6. The first-order chi connectivity index (χ1) is 52.5. The Hall–Kier alpha value is -13.5. The summed E-state index contributed by atoms with van der Waals surface area (Å²) < 4.78 is 0. The molecule has 4 heteroatoms. The first kappa shape index (κ1) is 61.2.